The molecule has 0 aliphatic heterocycles. The van der Waals surface area contributed by atoms with Gasteiger partial charge in [-0.3, -0.25) is 0 Å². The Labute approximate surface area is 62.2 Å². The molecule has 3 N–H and O–H groups in total. The van der Waals surface area contributed by atoms with Gasteiger partial charge in [0, 0.05) is 6.61 Å². The van der Waals surface area contributed by atoms with Crippen molar-refractivity contribution in [1.82, 2.24) is 0 Å². The lowest BCUT2D eigenvalue weighted by atomic mass is 10.1. The Morgan fingerprint density at radius 1 is 1.60 bits per heavy atom. The molecule has 3 heteroatoms. The molecule has 0 amide bonds. The van der Waals surface area contributed by atoms with Crippen LogP contribution in [0.4, 0.5) is 0 Å². The van der Waals surface area contributed by atoms with Crippen molar-refractivity contribution in [2.75, 3.05) is 6.61 Å². The molecule has 0 radical (unpaired) electrons. The number of nitrogens with two attached hydrogens (primary N) is 1. The van der Waals surface area contributed by atoms with Crippen molar-refractivity contribution in [3.8, 4) is 0 Å². The smallest absolute Gasteiger partial charge is 0.103 e. The van der Waals surface area contributed by atoms with E-state index in [9.17, 15) is 0 Å². The minimum absolute atomic E-state index is 0.139. The van der Waals surface area contributed by atoms with Gasteiger partial charge < -0.3 is 15.6 Å². The second-order valence-electron chi connectivity index (χ2n) is 3.06. The van der Waals surface area contributed by atoms with Crippen LogP contribution in [0.5, 0.6) is 0 Å². The zero-order valence-electron chi connectivity index (χ0n) is 6.92. The van der Waals surface area contributed by atoms with E-state index in [1.807, 2.05) is 13.8 Å². The molecule has 0 heterocycles. The third-order valence-corrected chi connectivity index (χ3v) is 1.22. The number of rotatable bonds is 4. The summed E-state index contributed by atoms with van der Waals surface area (Å²) in [5.41, 5.74) is 5.10. The highest BCUT2D eigenvalue weighted by Gasteiger charge is 2.18. The molecule has 0 saturated carbocycles. The first-order chi connectivity index (χ1) is 4.48. The van der Waals surface area contributed by atoms with Gasteiger partial charge in [0.05, 0.1) is 5.60 Å². The number of aliphatic hydroxyl groups excluding tert-OH is 1. The van der Waals surface area contributed by atoms with Crippen LogP contribution in [0, 0.1) is 0 Å². The Morgan fingerprint density at radius 3 is 2.40 bits per heavy atom. The first kappa shape index (κ1) is 9.88. The lowest BCUT2D eigenvalue weighted by Gasteiger charge is -2.26. The van der Waals surface area contributed by atoms with Crippen molar-refractivity contribution in [3.05, 3.63) is 0 Å². The minimum Gasteiger partial charge on any atom is -0.396 e. The first-order valence-corrected chi connectivity index (χ1v) is 3.52. The van der Waals surface area contributed by atoms with E-state index < -0.39 is 0 Å². The van der Waals surface area contributed by atoms with E-state index in [1.54, 1.807) is 6.92 Å². The molecule has 0 aromatic heterocycles. The van der Waals surface area contributed by atoms with Crippen molar-refractivity contribution in [3.63, 3.8) is 0 Å². The van der Waals surface area contributed by atoms with Gasteiger partial charge in [0.15, 0.2) is 0 Å². The number of hydrogen-bond donors (Lipinski definition) is 2. The molecule has 0 aromatic carbocycles. The lowest BCUT2D eigenvalue weighted by Crippen LogP contribution is -2.34. The van der Waals surface area contributed by atoms with Gasteiger partial charge in [-0.15, -0.1) is 0 Å². The Kier molecular flexibility index (Phi) is 3.86. The minimum atomic E-state index is -0.303. The van der Waals surface area contributed by atoms with Crippen LogP contribution >= 0.6 is 0 Å². The molecular formula is C7H17NO2. The van der Waals surface area contributed by atoms with Crippen LogP contribution in [0.15, 0.2) is 0 Å². The molecule has 0 bridgehead atoms. The van der Waals surface area contributed by atoms with Gasteiger partial charge in [-0.1, -0.05) is 0 Å². The van der Waals surface area contributed by atoms with Gasteiger partial charge >= 0.3 is 0 Å². The van der Waals surface area contributed by atoms with Crippen molar-refractivity contribution < 1.29 is 9.84 Å². The monoisotopic (exact) mass is 147 g/mol. The molecule has 0 spiro atoms. The van der Waals surface area contributed by atoms with Gasteiger partial charge in [0.2, 0.25) is 0 Å². The van der Waals surface area contributed by atoms with Gasteiger partial charge in [0.25, 0.3) is 0 Å². The summed E-state index contributed by atoms with van der Waals surface area (Å²) in [5.74, 6) is 0. The summed E-state index contributed by atoms with van der Waals surface area (Å²) in [6, 6.07) is 0. The average Bonchev–Trinajstić information content (AvgIpc) is 1.59. The fourth-order valence-corrected chi connectivity index (χ4v) is 0.831. The second-order valence-corrected chi connectivity index (χ2v) is 3.06. The largest absolute Gasteiger partial charge is 0.396 e. The fourth-order valence-electron chi connectivity index (χ4n) is 0.831. The van der Waals surface area contributed by atoms with E-state index in [0.29, 0.717) is 6.42 Å². The normalized spacial score (nSPS) is 15.3. The summed E-state index contributed by atoms with van der Waals surface area (Å²) in [7, 11) is 0. The van der Waals surface area contributed by atoms with Crippen LogP contribution in [-0.2, 0) is 4.74 Å². The fraction of sp³-hybridized carbons (Fsp3) is 1.00. The summed E-state index contributed by atoms with van der Waals surface area (Å²) in [5, 5.41) is 8.59. The third kappa shape index (κ3) is 4.73. The third-order valence-electron chi connectivity index (χ3n) is 1.22. The quantitative estimate of drug-likeness (QED) is 0.568. The molecule has 10 heavy (non-hydrogen) atoms. The number of hydrogen-bond acceptors (Lipinski definition) is 3. The highest BCUT2D eigenvalue weighted by molar-refractivity contribution is 4.67. The Hall–Kier alpha value is -0.120. The summed E-state index contributed by atoms with van der Waals surface area (Å²) in [6.45, 7) is 5.73. The summed E-state index contributed by atoms with van der Waals surface area (Å²) >= 11 is 0. The number of ether oxygens (including phenoxy) is 1. The Bertz CT molecular complexity index is 91.6. The molecule has 0 aromatic rings. The standard InChI is InChI=1S/C7H17NO2/c1-6(8)10-7(2,3)4-5-9/h6,9H,4-5,8H2,1-3H3. The SMILES string of the molecule is CC(N)OC(C)(C)CCO. The molecule has 0 rings (SSSR count). The van der Waals surface area contributed by atoms with Crippen molar-refractivity contribution in [1.29, 1.82) is 0 Å². The molecule has 62 valence electrons. The first-order valence-electron chi connectivity index (χ1n) is 3.52. The van der Waals surface area contributed by atoms with Crippen molar-refractivity contribution >= 4 is 0 Å². The van der Waals surface area contributed by atoms with Crippen molar-refractivity contribution in [2.45, 2.75) is 39.0 Å². The maximum atomic E-state index is 8.59. The molecule has 0 aliphatic rings. The zero-order valence-corrected chi connectivity index (χ0v) is 6.92. The van der Waals surface area contributed by atoms with Gasteiger partial charge in [-0.2, -0.15) is 0 Å². The van der Waals surface area contributed by atoms with Crippen molar-refractivity contribution in [2.24, 2.45) is 5.73 Å². The van der Waals surface area contributed by atoms with Crippen LogP contribution in [0.1, 0.15) is 27.2 Å². The van der Waals surface area contributed by atoms with E-state index >= 15 is 0 Å². The van der Waals surface area contributed by atoms with Crippen LogP contribution in [-0.4, -0.2) is 23.5 Å². The van der Waals surface area contributed by atoms with E-state index in [1.165, 1.54) is 0 Å². The van der Waals surface area contributed by atoms with Gasteiger partial charge in [0.1, 0.15) is 6.23 Å². The molecule has 0 fully saturated rings. The van der Waals surface area contributed by atoms with E-state index in [-0.39, 0.29) is 18.4 Å². The average molecular weight is 147 g/mol. The molecule has 0 saturated heterocycles. The van der Waals surface area contributed by atoms with Gasteiger partial charge in [-0.25, -0.2) is 0 Å². The van der Waals surface area contributed by atoms with Crippen LogP contribution in [0.2, 0.25) is 0 Å². The topological polar surface area (TPSA) is 55.5 Å². The number of aliphatic hydroxyl groups is 1. The molecule has 1 unspecified atom stereocenters. The lowest BCUT2D eigenvalue weighted by molar-refractivity contribution is -0.0718. The molecule has 0 aliphatic carbocycles. The summed E-state index contributed by atoms with van der Waals surface area (Å²) in [6.07, 6.45) is 0.357. The predicted molar refractivity (Wildman–Crippen MR) is 40.5 cm³/mol. The summed E-state index contributed by atoms with van der Waals surface area (Å²) in [4.78, 5) is 0. The molecule has 3 nitrogen and oxygen atoms in total. The molecule has 1 atom stereocenters. The maximum absolute atomic E-state index is 8.59. The summed E-state index contributed by atoms with van der Waals surface area (Å²) < 4.78 is 5.30. The van der Waals surface area contributed by atoms with E-state index in [4.69, 9.17) is 15.6 Å². The van der Waals surface area contributed by atoms with Crippen LogP contribution in [0.25, 0.3) is 0 Å². The van der Waals surface area contributed by atoms with Crippen LogP contribution < -0.4 is 5.73 Å². The van der Waals surface area contributed by atoms with E-state index in [2.05, 4.69) is 0 Å². The van der Waals surface area contributed by atoms with E-state index in [0.717, 1.165) is 0 Å². The molecular weight excluding hydrogens is 130 g/mol. The Balaban J connectivity index is 3.63. The predicted octanol–water partition coefficient (Wildman–Crippen LogP) is 0.469. The maximum Gasteiger partial charge on any atom is 0.103 e. The highest BCUT2D eigenvalue weighted by Crippen LogP contribution is 2.14. The highest BCUT2D eigenvalue weighted by atomic mass is 16.5. The van der Waals surface area contributed by atoms with Gasteiger partial charge in [-0.05, 0) is 27.2 Å². The zero-order chi connectivity index (χ0) is 8.20. The Morgan fingerprint density at radius 2 is 2.10 bits per heavy atom. The van der Waals surface area contributed by atoms with Crippen LogP contribution in [0.3, 0.4) is 0 Å². The second kappa shape index (κ2) is 3.91.